The Kier molecular flexibility index (Phi) is 5.70. The highest BCUT2D eigenvalue weighted by atomic mass is 35.5. The smallest absolute Gasteiger partial charge is 0.274 e. The van der Waals surface area contributed by atoms with Crippen molar-refractivity contribution in [2.45, 2.75) is 12.5 Å². The topological polar surface area (TPSA) is 78.4 Å². The van der Waals surface area contributed by atoms with E-state index in [2.05, 4.69) is 28.4 Å². The highest BCUT2D eigenvalue weighted by Gasteiger charge is 2.28. The average molecular weight is 391 g/mol. The number of hydrogen-bond acceptors (Lipinski definition) is 6. The maximum atomic E-state index is 12.8. The van der Waals surface area contributed by atoms with Gasteiger partial charge >= 0.3 is 0 Å². The van der Waals surface area contributed by atoms with Gasteiger partial charge in [0.15, 0.2) is 5.69 Å². The summed E-state index contributed by atoms with van der Waals surface area (Å²) in [5, 5.41) is 15.1. The first-order valence-corrected chi connectivity index (χ1v) is 9.37. The van der Waals surface area contributed by atoms with Crippen LogP contribution in [0.5, 0.6) is 0 Å². The van der Waals surface area contributed by atoms with Crippen molar-refractivity contribution < 1.29 is 9.90 Å². The van der Waals surface area contributed by atoms with E-state index in [0.717, 1.165) is 10.3 Å². The molecule has 3 rings (SSSR count). The average Bonchev–Trinajstić information content (AvgIpc) is 3.25. The minimum atomic E-state index is -0.471. The Labute approximate surface area is 160 Å². The van der Waals surface area contributed by atoms with Crippen LogP contribution in [-0.4, -0.2) is 51.6 Å². The molecule has 3 heterocycles. The van der Waals surface area contributed by atoms with Crippen LogP contribution in [0.2, 0.25) is 0 Å². The number of aliphatic hydroxyl groups excluding tert-OH is 1. The Morgan fingerprint density at radius 3 is 3.00 bits per heavy atom. The van der Waals surface area contributed by atoms with Gasteiger partial charge in [-0.25, -0.2) is 9.97 Å². The van der Waals surface area contributed by atoms with Crippen LogP contribution in [0.3, 0.4) is 0 Å². The molecule has 26 heavy (non-hydrogen) atoms. The van der Waals surface area contributed by atoms with Crippen LogP contribution >= 0.6 is 22.9 Å². The van der Waals surface area contributed by atoms with Crippen LogP contribution in [0.4, 0.5) is 5.95 Å². The van der Waals surface area contributed by atoms with Gasteiger partial charge < -0.3 is 15.3 Å². The summed E-state index contributed by atoms with van der Waals surface area (Å²) in [7, 11) is 0. The number of allylic oxidation sites excluding steroid dienone is 2. The summed E-state index contributed by atoms with van der Waals surface area (Å²) in [6.07, 6.45) is 3.48. The molecule has 2 N–H and O–H groups in total. The number of thiophene rings is 1. The molecule has 0 bridgehead atoms. The van der Waals surface area contributed by atoms with Crippen LogP contribution in [0.1, 0.15) is 16.9 Å². The quantitative estimate of drug-likeness (QED) is 0.740. The van der Waals surface area contributed by atoms with Gasteiger partial charge in [0.2, 0.25) is 5.95 Å². The Hall–Kier alpha value is -2.22. The number of amides is 1. The molecule has 1 atom stereocenters. The molecule has 0 aliphatic carbocycles. The first kappa shape index (κ1) is 18.6. The molecule has 6 nitrogen and oxygen atoms in total. The summed E-state index contributed by atoms with van der Waals surface area (Å²) >= 11 is 7.23. The number of halogens is 1. The Bertz CT molecular complexity index is 892. The molecule has 1 aliphatic heterocycles. The van der Waals surface area contributed by atoms with E-state index in [0.29, 0.717) is 48.2 Å². The van der Waals surface area contributed by atoms with Gasteiger partial charge in [0, 0.05) is 24.7 Å². The number of aliphatic hydroxyl groups is 1. The summed E-state index contributed by atoms with van der Waals surface area (Å²) in [6.45, 7) is 8.64. The second-order valence-corrected chi connectivity index (χ2v) is 7.35. The van der Waals surface area contributed by atoms with Crippen molar-refractivity contribution in [2.24, 2.45) is 0 Å². The highest BCUT2D eigenvalue weighted by molar-refractivity contribution is 7.17. The fraction of sp³-hybridized carbons (Fsp3) is 0.278. The summed E-state index contributed by atoms with van der Waals surface area (Å²) in [5.74, 6) is 0.167. The third-order valence-corrected chi connectivity index (χ3v) is 5.03. The van der Waals surface area contributed by atoms with Crippen molar-refractivity contribution in [1.82, 2.24) is 14.9 Å². The molecular weight excluding hydrogens is 372 g/mol. The predicted molar refractivity (Wildman–Crippen MR) is 106 cm³/mol. The molecule has 8 heteroatoms. The van der Waals surface area contributed by atoms with E-state index in [-0.39, 0.29) is 5.91 Å². The first-order valence-electron chi connectivity index (χ1n) is 8.12. The lowest BCUT2D eigenvalue weighted by Gasteiger charge is -2.16. The maximum absolute atomic E-state index is 12.8. The number of likely N-dealkylation sites (tertiary alicyclic amines) is 1. The minimum absolute atomic E-state index is 0.187. The fourth-order valence-corrected chi connectivity index (χ4v) is 3.68. The third kappa shape index (κ3) is 4.12. The number of β-amino-alcohol motifs (C(OH)–C–C–N with tert-alkyl or cyclic N) is 1. The monoisotopic (exact) mass is 390 g/mol. The van der Waals surface area contributed by atoms with E-state index in [4.69, 9.17) is 11.6 Å². The third-order valence-electron chi connectivity index (χ3n) is 4.01. The van der Waals surface area contributed by atoms with Crippen LogP contribution in [0, 0.1) is 0 Å². The zero-order valence-electron chi connectivity index (χ0n) is 14.1. The molecule has 1 fully saturated rings. The van der Waals surface area contributed by atoms with E-state index in [1.54, 1.807) is 17.1 Å². The molecule has 0 unspecified atom stereocenters. The molecule has 1 aliphatic rings. The molecule has 0 spiro atoms. The van der Waals surface area contributed by atoms with Gasteiger partial charge in [-0.05, 0) is 29.5 Å². The molecular formula is C18H19ClN4O2S. The Morgan fingerprint density at radius 1 is 1.54 bits per heavy atom. The van der Waals surface area contributed by atoms with Gasteiger partial charge in [0.1, 0.15) is 0 Å². The predicted octanol–water partition coefficient (Wildman–Crippen LogP) is 3.17. The van der Waals surface area contributed by atoms with E-state index in [1.807, 2.05) is 11.4 Å². The van der Waals surface area contributed by atoms with E-state index in [1.165, 1.54) is 11.3 Å². The van der Waals surface area contributed by atoms with Crippen molar-refractivity contribution in [1.29, 1.82) is 0 Å². The normalized spacial score (nSPS) is 17.5. The van der Waals surface area contributed by atoms with Crippen molar-refractivity contribution >= 4 is 45.0 Å². The standard InChI is InChI=1S/C18H19ClN4O2S/c1-3-12(8-11(2)19)9-20-18-21-14-5-7-26-16(14)15(22-18)17(25)23-6-4-13(24)10-23/h3,5,7-8,13,24H,1-2,4,6,9-10H2,(H,20,21,22)/b12-8+/t13-/m1/s1. The molecule has 0 saturated carbocycles. The Morgan fingerprint density at radius 2 is 2.35 bits per heavy atom. The number of fused-ring (bicyclic) bond motifs is 1. The molecule has 2 aromatic heterocycles. The number of hydrogen-bond donors (Lipinski definition) is 2. The lowest BCUT2D eigenvalue weighted by atomic mass is 10.2. The molecule has 2 aromatic rings. The molecule has 0 aromatic carbocycles. The van der Waals surface area contributed by atoms with Gasteiger partial charge in [-0.2, -0.15) is 0 Å². The second kappa shape index (κ2) is 7.99. The van der Waals surface area contributed by atoms with E-state index in [9.17, 15) is 9.90 Å². The largest absolute Gasteiger partial charge is 0.391 e. The van der Waals surface area contributed by atoms with Gasteiger partial charge in [0.25, 0.3) is 5.91 Å². The SMILES string of the molecule is C=C/C(=C\C(=C)Cl)CNc1nc(C(=O)N2CC[C@@H](O)C2)c2sccc2n1. The molecule has 1 amide bonds. The van der Waals surface area contributed by atoms with Crippen molar-refractivity contribution in [3.63, 3.8) is 0 Å². The highest BCUT2D eigenvalue weighted by Crippen LogP contribution is 2.26. The fourth-order valence-electron chi connectivity index (χ4n) is 2.73. The van der Waals surface area contributed by atoms with Crippen LogP contribution in [0.25, 0.3) is 10.2 Å². The number of carbonyl (C=O) groups is 1. The number of nitrogens with zero attached hydrogens (tertiary/aromatic N) is 3. The van der Waals surface area contributed by atoms with Gasteiger partial charge in [-0.15, -0.1) is 11.3 Å². The number of carbonyl (C=O) groups excluding carboxylic acids is 1. The van der Waals surface area contributed by atoms with Gasteiger partial charge in [-0.1, -0.05) is 30.8 Å². The van der Waals surface area contributed by atoms with Crippen LogP contribution in [-0.2, 0) is 0 Å². The lowest BCUT2D eigenvalue weighted by molar-refractivity contribution is 0.0761. The zero-order valence-corrected chi connectivity index (χ0v) is 15.7. The minimum Gasteiger partial charge on any atom is -0.391 e. The van der Waals surface area contributed by atoms with Crippen LogP contribution < -0.4 is 5.32 Å². The summed E-state index contributed by atoms with van der Waals surface area (Å²) in [6, 6.07) is 1.85. The van der Waals surface area contributed by atoms with E-state index < -0.39 is 6.10 Å². The van der Waals surface area contributed by atoms with E-state index >= 15 is 0 Å². The first-order chi connectivity index (χ1) is 12.5. The summed E-state index contributed by atoms with van der Waals surface area (Å²) in [4.78, 5) is 23.4. The lowest BCUT2D eigenvalue weighted by Crippen LogP contribution is -2.30. The van der Waals surface area contributed by atoms with Gasteiger partial charge in [-0.3, -0.25) is 4.79 Å². The number of rotatable bonds is 6. The number of anilines is 1. The van der Waals surface area contributed by atoms with Crippen molar-refractivity contribution in [3.05, 3.63) is 53.1 Å². The summed E-state index contributed by atoms with van der Waals surface area (Å²) in [5.41, 5.74) is 1.89. The molecule has 0 radical (unpaired) electrons. The number of nitrogens with one attached hydrogen (secondary N) is 1. The van der Waals surface area contributed by atoms with Crippen molar-refractivity contribution in [2.75, 3.05) is 25.0 Å². The van der Waals surface area contributed by atoms with Crippen molar-refractivity contribution in [3.8, 4) is 0 Å². The molecule has 1 saturated heterocycles. The molecule has 136 valence electrons. The number of aromatic nitrogens is 2. The van der Waals surface area contributed by atoms with Crippen LogP contribution in [0.15, 0.2) is 47.4 Å². The summed E-state index contributed by atoms with van der Waals surface area (Å²) < 4.78 is 0.746. The maximum Gasteiger partial charge on any atom is 0.274 e. The van der Waals surface area contributed by atoms with Gasteiger partial charge in [0.05, 0.1) is 16.3 Å². The Balaban J connectivity index is 1.87. The second-order valence-electron chi connectivity index (χ2n) is 5.95. The zero-order chi connectivity index (χ0) is 18.7.